The van der Waals surface area contributed by atoms with Crippen molar-refractivity contribution in [3.05, 3.63) is 29.8 Å². The molecule has 0 fully saturated rings. The van der Waals surface area contributed by atoms with Gasteiger partial charge in [-0.25, -0.2) is 4.39 Å². The van der Waals surface area contributed by atoms with Gasteiger partial charge in [0.1, 0.15) is 12.4 Å². The molecular formula is C9H11FO. The van der Waals surface area contributed by atoms with Gasteiger partial charge < -0.3 is 4.74 Å². The summed E-state index contributed by atoms with van der Waals surface area (Å²) in [6.07, 6.45) is 0. The standard InChI is InChI=1S/C9H11FO/c1-2-11-9-6-4-3-5-8(9)7-10/h3-6H,2,7H2,1H3. The maximum absolute atomic E-state index is 12.2. The van der Waals surface area contributed by atoms with Gasteiger partial charge in [0.15, 0.2) is 0 Å². The topological polar surface area (TPSA) is 9.23 Å². The van der Waals surface area contributed by atoms with Crippen LogP contribution in [0.3, 0.4) is 0 Å². The first kappa shape index (κ1) is 8.05. The van der Waals surface area contributed by atoms with Crippen molar-refractivity contribution in [2.75, 3.05) is 6.61 Å². The number of para-hydroxylation sites is 1. The molecule has 1 nitrogen and oxygen atoms in total. The van der Waals surface area contributed by atoms with E-state index in [0.717, 1.165) is 0 Å². The molecule has 0 unspecified atom stereocenters. The van der Waals surface area contributed by atoms with Gasteiger partial charge in [-0.2, -0.15) is 0 Å². The Kier molecular flexibility index (Phi) is 2.90. The predicted molar refractivity (Wildman–Crippen MR) is 42.4 cm³/mol. The average Bonchev–Trinajstić information content (AvgIpc) is 2.06. The quantitative estimate of drug-likeness (QED) is 0.650. The summed E-state index contributed by atoms with van der Waals surface area (Å²) >= 11 is 0. The lowest BCUT2D eigenvalue weighted by Crippen LogP contribution is -1.94. The van der Waals surface area contributed by atoms with Gasteiger partial charge >= 0.3 is 0 Å². The normalized spacial score (nSPS) is 9.64. The Bertz CT molecular complexity index is 223. The maximum atomic E-state index is 12.2. The van der Waals surface area contributed by atoms with E-state index in [1.165, 1.54) is 0 Å². The highest BCUT2D eigenvalue weighted by molar-refractivity contribution is 5.32. The van der Waals surface area contributed by atoms with Crippen molar-refractivity contribution < 1.29 is 9.13 Å². The molecule has 0 radical (unpaired) electrons. The Hall–Kier alpha value is -1.05. The fourth-order valence-electron chi connectivity index (χ4n) is 0.911. The third-order valence-corrected chi connectivity index (χ3v) is 1.42. The zero-order valence-corrected chi connectivity index (χ0v) is 6.51. The molecule has 0 aromatic heterocycles. The molecular weight excluding hydrogens is 143 g/mol. The summed E-state index contributed by atoms with van der Waals surface area (Å²) in [6, 6.07) is 7.14. The molecule has 60 valence electrons. The van der Waals surface area contributed by atoms with Crippen LogP contribution in [-0.4, -0.2) is 6.61 Å². The lowest BCUT2D eigenvalue weighted by atomic mass is 10.2. The molecule has 0 bridgehead atoms. The first-order valence-corrected chi connectivity index (χ1v) is 3.65. The number of benzene rings is 1. The van der Waals surface area contributed by atoms with Crippen molar-refractivity contribution in [3.63, 3.8) is 0 Å². The van der Waals surface area contributed by atoms with E-state index in [9.17, 15) is 4.39 Å². The van der Waals surface area contributed by atoms with E-state index in [2.05, 4.69) is 0 Å². The Labute approximate surface area is 65.8 Å². The van der Waals surface area contributed by atoms with Crippen molar-refractivity contribution in [2.24, 2.45) is 0 Å². The Morgan fingerprint density at radius 2 is 2.09 bits per heavy atom. The zero-order valence-electron chi connectivity index (χ0n) is 6.51. The Balaban J connectivity index is 2.83. The van der Waals surface area contributed by atoms with E-state index < -0.39 is 6.67 Å². The Morgan fingerprint density at radius 1 is 1.36 bits per heavy atom. The maximum Gasteiger partial charge on any atom is 0.125 e. The van der Waals surface area contributed by atoms with Crippen molar-refractivity contribution >= 4 is 0 Å². The van der Waals surface area contributed by atoms with Gasteiger partial charge in [-0.15, -0.1) is 0 Å². The van der Waals surface area contributed by atoms with E-state index in [1.807, 2.05) is 13.0 Å². The number of ether oxygens (including phenoxy) is 1. The number of halogens is 1. The van der Waals surface area contributed by atoms with Crippen LogP contribution in [0.4, 0.5) is 4.39 Å². The van der Waals surface area contributed by atoms with Crippen LogP contribution < -0.4 is 4.74 Å². The number of hydrogen-bond acceptors (Lipinski definition) is 1. The third kappa shape index (κ3) is 1.93. The van der Waals surface area contributed by atoms with Gasteiger partial charge in [0, 0.05) is 5.56 Å². The van der Waals surface area contributed by atoms with Gasteiger partial charge in [0.05, 0.1) is 6.61 Å². The average molecular weight is 154 g/mol. The summed E-state index contributed by atoms with van der Waals surface area (Å²) in [5.74, 6) is 0.650. The predicted octanol–water partition coefficient (Wildman–Crippen LogP) is 2.55. The highest BCUT2D eigenvalue weighted by atomic mass is 19.1. The van der Waals surface area contributed by atoms with Gasteiger partial charge in [-0.05, 0) is 13.0 Å². The SMILES string of the molecule is CCOc1ccccc1CF. The molecule has 0 aliphatic carbocycles. The molecule has 0 aliphatic rings. The first-order chi connectivity index (χ1) is 5.38. The molecule has 0 spiro atoms. The molecule has 11 heavy (non-hydrogen) atoms. The molecule has 0 heterocycles. The summed E-state index contributed by atoms with van der Waals surface area (Å²) in [7, 11) is 0. The molecule has 0 saturated heterocycles. The van der Waals surface area contributed by atoms with Crippen molar-refractivity contribution in [3.8, 4) is 5.75 Å². The van der Waals surface area contributed by atoms with Crippen LogP contribution in [0.5, 0.6) is 5.75 Å². The van der Waals surface area contributed by atoms with Crippen LogP contribution in [0.15, 0.2) is 24.3 Å². The van der Waals surface area contributed by atoms with Crippen LogP contribution in [-0.2, 0) is 6.67 Å². The fraction of sp³-hybridized carbons (Fsp3) is 0.333. The zero-order chi connectivity index (χ0) is 8.10. The summed E-state index contributed by atoms with van der Waals surface area (Å²) in [6.45, 7) is 2.00. The summed E-state index contributed by atoms with van der Waals surface area (Å²) in [4.78, 5) is 0. The number of rotatable bonds is 3. The number of hydrogen-bond donors (Lipinski definition) is 0. The second-order valence-electron chi connectivity index (χ2n) is 2.17. The molecule has 0 saturated carbocycles. The van der Waals surface area contributed by atoms with Crippen LogP contribution in [0.2, 0.25) is 0 Å². The van der Waals surface area contributed by atoms with Gasteiger partial charge in [0.2, 0.25) is 0 Å². The van der Waals surface area contributed by atoms with Gasteiger partial charge in [-0.3, -0.25) is 0 Å². The van der Waals surface area contributed by atoms with E-state index in [1.54, 1.807) is 18.2 Å². The monoisotopic (exact) mass is 154 g/mol. The van der Waals surface area contributed by atoms with Crippen LogP contribution in [0, 0.1) is 0 Å². The lowest BCUT2D eigenvalue weighted by molar-refractivity contribution is 0.330. The summed E-state index contributed by atoms with van der Waals surface area (Å²) in [5, 5.41) is 0. The van der Waals surface area contributed by atoms with Gasteiger partial charge in [-0.1, -0.05) is 18.2 Å². The van der Waals surface area contributed by atoms with Crippen LogP contribution >= 0.6 is 0 Å². The molecule has 2 heteroatoms. The highest BCUT2D eigenvalue weighted by Gasteiger charge is 1.99. The molecule has 0 aliphatic heterocycles. The van der Waals surface area contributed by atoms with E-state index >= 15 is 0 Å². The van der Waals surface area contributed by atoms with E-state index in [0.29, 0.717) is 17.9 Å². The molecule has 1 rings (SSSR count). The highest BCUT2D eigenvalue weighted by Crippen LogP contribution is 2.18. The lowest BCUT2D eigenvalue weighted by Gasteiger charge is -2.05. The summed E-state index contributed by atoms with van der Waals surface area (Å²) in [5.41, 5.74) is 0.620. The Morgan fingerprint density at radius 3 is 2.73 bits per heavy atom. The second kappa shape index (κ2) is 3.96. The molecule has 0 atom stereocenters. The minimum Gasteiger partial charge on any atom is -0.493 e. The van der Waals surface area contributed by atoms with Crippen molar-refractivity contribution in [2.45, 2.75) is 13.6 Å². The smallest absolute Gasteiger partial charge is 0.125 e. The van der Waals surface area contributed by atoms with E-state index in [4.69, 9.17) is 4.74 Å². The molecule has 0 N–H and O–H groups in total. The fourth-order valence-corrected chi connectivity index (χ4v) is 0.911. The largest absolute Gasteiger partial charge is 0.493 e. The van der Waals surface area contributed by atoms with Gasteiger partial charge in [0.25, 0.3) is 0 Å². The number of alkyl halides is 1. The molecule has 1 aromatic carbocycles. The minimum absolute atomic E-state index is 0.462. The third-order valence-electron chi connectivity index (χ3n) is 1.42. The van der Waals surface area contributed by atoms with Crippen molar-refractivity contribution in [1.29, 1.82) is 0 Å². The second-order valence-corrected chi connectivity index (χ2v) is 2.17. The van der Waals surface area contributed by atoms with E-state index in [-0.39, 0.29) is 0 Å². The van der Waals surface area contributed by atoms with Crippen molar-refractivity contribution in [1.82, 2.24) is 0 Å². The molecule has 1 aromatic rings. The van der Waals surface area contributed by atoms with Crippen LogP contribution in [0.1, 0.15) is 12.5 Å². The molecule has 0 amide bonds. The first-order valence-electron chi connectivity index (χ1n) is 3.65. The van der Waals surface area contributed by atoms with Crippen LogP contribution in [0.25, 0.3) is 0 Å². The summed E-state index contributed by atoms with van der Waals surface area (Å²) < 4.78 is 17.4. The minimum atomic E-state index is -0.462.